The van der Waals surface area contributed by atoms with Crippen LogP contribution in [-0.2, 0) is 30.7 Å². The number of aromatic hydroxyl groups is 1. The van der Waals surface area contributed by atoms with Crippen LogP contribution in [0, 0.1) is 0 Å². The topological polar surface area (TPSA) is 135 Å². The van der Waals surface area contributed by atoms with Crippen molar-refractivity contribution in [2.24, 2.45) is 0 Å². The van der Waals surface area contributed by atoms with Crippen molar-refractivity contribution in [3.8, 4) is 11.5 Å². The number of pyridine rings is 1. The van der Waals surface area contributed by atoms with E-state index >= 15 is 0 Å². The molecule has 0 aliphatic heterocycles. The quantitative estimate of drug-likeness (QED) is 0.204. The summed E-state index contributed by atoms with van der Waals surface area (Å²) in [4.78, 5) is 37.2. The number of anilines is 1. The summed E-state index contributed by atoms with van der Waals surface area (Å²) in [5, 5.41) is 23.8. The van der Waals surface area contributed by atoms with Crippen molar-refractivity contribution in [3.63, 3.8) is 0 Å². The fourth-order valence-electron chi connectivity index (χ4n) is 3.94. The third-order valence-corrected chi connectivity index (χ3v) is 6.82. The smallest absolute Gasteiger partial charge is 0.508 e. The molecular weight excluding hydrogens is 575 g/mol. The standard InChI is InChI=1S/C28H26F3N5O5S/c29-28(30,31)41-22-8-4-5-18(14-22)15-23(38)33-20-10-12-36(25(39)16-20)11-2-1-9-24-34-35-27(42-24)26(40)32-17-19-6-3-7-21(37)13-19/h3-8,10,12-14,16,37H,1-2,9,11,15,17H2,(H,32,40)(H,33,38). The van der Waals surface area contributed by atoms with E-state index in [1.165, 1.54) is 34.1 Å². The average Bonchev–Trinajstić information content (AvgIpc) is 3.39. The van der Waals surface area contributed by atoms with Gasteiger partial charge < -0.3 is 25.0 Å². The molecule has 0 aliphatic rings. The van der Waals surface area contributed by atoms with Crippen LogP contribution in [0.4, 0.5) is 18.9 Å². The molecule has 2 amide bonds. The van der Waals surface area contributed by atoms with Crippen LogP contribution in [0.15, 0.2) is 71.7 Å². The van der Waals surface area contributed by atoms with Crippen LogP contribution in [0.5, 0.6) is 11.5 Å². The molecule has 0 bridgehead atoms. The van der Waals surface area contributed by atoms with E-state index in [2.05, 4.69) is 25.6 Å². The van der Waals surface area contributed by atoms with E-state index < -0.39 is 18.0 Å². The lowest BCUT2D eigenvalue weighted by atomic mass is 10.1. The van der Waals surface area contributed by atoms with Gasteiger partial charge in [-0.25, -0.2) is 0 Å². The molecule has 3 N–H and O–H groups in total. The average molecular weight is 602 g/mol. The first-order valence-corrected chi connectivity index (χ1v) is 13.6. The lowest BCUT2D eigenvalue weighted by molar-refractivity contribution is -0.274. The number of aromatic nitrogens is 3. The second-order valence-electron chi connectivity index (χ2n) is 9.18. The number of alkyl halides is 3. The molecule has 2 aromatic carbocycles. The van der Waals surface area contributed by atoms with Gasteiger partial charge in [-0.05, 0) is 54.3 Å². The maximum atomic E-state index is 12.5. The summed E-state index contributed by atoms with van der Waals surface area (Å²) in [6, 6.07) is 14.5. The number of phenols is 1. The van der Waals surface area contributed by atoms with Crippen LogP contribution >= 0.6 is 11.3 Å². The third-order valence-electron chi connectivity index (χ3n) is 5.84. The lowest BCUT2D eigenvalue weighted by Gasteiger charge is -2.11. The SMILES string of the molecule is O=C(Cc1cccc(OC(F)(F)F)c1)Nc1ccn(CCCCc2nnc(C(=O)NCc3cccc(O)c3)s2)c(=O)c1. The van der Waals surface area contributed by atoms with Crippen LogP contribution in [0.2, 0.25) is 0 Å². The number of unbranched alkanes of at least 4 members (excludes halogenated alkanes) is 1. The van der Waals surface area contributed by atoms with Gasteiger partial charge in [0, 0.05) is 37.5 Å². The van der Waals surface area contributed by atoms with Gasteiger partial charge in [0.2, 0.25) is 10.9 Å². The summed E-state index contributed by atoms with van der Waals surface area (Å²) in [7, 11) is 0. The maximum absolute atomic E-state index is 12.5. The minimum absolute atomic E-state index is 0.117. The lowest BCUT2D eigenvalue weighted by Crippen LogP contribution is -2.22. The van der Waals surface area contributed by atoms with Crippen LogP contribution in [0.25, 0.3) is 0 Å². The molecule has 0 saturated heterocycles. The number of ether oxygens (including phenoxy) is 1. The van der Waals surface area contributed by atoms with Crippen molar-refractivity contribution < 1.29 is 32.6 Å². The molecule has 0 aliphatic carbocycles. The van der Waals surface area contributed by atoms with Gasteiger partial charge in [-0.1, -0.05) is 35.6 Å². The summed E-state index contributed by atoms with van der Waals surface area (Å²) < 4.78 is 42.6. The first-order valence-electron chi connectivity index (χ1n) is 12.8. The zero-order chi connectivity index (χ0) is 30.1. The Hall–Kier alpha value is -4.72. The predicted molar refractivity (Wildman–Crippen MR) is 148 cm³/mol. The van der Waals surface area contributed by atoms with Crippen molar-refractivity contribution in [3.05, 3.63) is 98.4 Å². The number of nitrogens with zero attached hydrogens (tertiary/aromatic N) is 3. The highest BCUT2D eigenvalue weighted by Gasteiger charge is 2.31. The van der Waals surface area contributed by atoms with Crippen LogP contribution < -0.4 is 20.9 Å². The zero-order valence-corrected chi connectivity index (χ0v) is 22.9. The van der Waals surface area contributed by atoms with Crippen molar-refractivity contribution >= 4 is 28.8 Å². The fraction of sp³-hybridized carbons (Fsp3) is 0.250. The van der Waals surface area contributed by atoms with Gasteiger partial charge in [0.05, 0.1) is 6.42 Å². The monoisotopic (exact) mass is 601 g/mol. The molecule has 0 radical (unpaired) electrons. The number of carbonyl (C=O) groups is 2. The Morgan fingerprint density at radius 1 is 1.00 bits per heavy atom. The number of halogens is 3. The largest absolute Gasteiger partial charge is 0.573 e. The Bertz CT molecular complexity index is 1610. The summed E-state index contributed by atoms with van der Waals surface area (Å²) >= 11 is 1.19. The first-order chi connectivity index (χ1) is 20.0. The highest BCUT2D eigenvalue weighted by Crippen LogP contribution is 2.23. The van der Waals surface area contributed by atoms with Gasteiger partial charge in [-0.15, -0.1) is 23.4 Å². The molecule has 0 spiro atoms. The Morgan fingerprint density at radius 2 is 1.79 bits per heavy atom. The van der Waals surface area contributed by atoms with Crippen molar-refractivity contribution in [1.29, 1.82) is 0 Å². The third kappa shape index (κ3) is 9.44. The van der Waals surface area contributed by atoms with Gasteiger partial charge >= 0.3 is 6.36 Å². The Kier molecular flexibility index (Phi) is 9.91. The van der Waals surface area contributed by atoms with E-state index in [1.54, 1.807) is 36.5 Å². The van der Waals surface area contributed by atoms with Gasteiger partial charge in [0.25, 0.3) is 11.5 Å². The molecule has 0 saturated carbocycles. The van der Waals surface area contributed by atoms with Crippen LogP contribution in [0.1, 0.15) is 38.8 Å². The normalized spacial score (nSPS) is 11.2. The molecular formula is C28H26F3N5O5S. The van der Waals surface area contributed by atoms with Crippen LogP contribution in [0.3, 0.4) is 0 Å². The highest BCUT2D eigenvalue weighted by molar-refractivity contribution is 7.13. The minimum Gasteiger partial charge on any atom is -0.508 e. The van der Waals surface area contributed by atoms with Gasteiger partial charge in [0.15, 0.2) is 0 Å². The van der Waals surface area contributed by atoms with Gasteiger partial charge in [0.1, 0.15) is 16.5 Å². The molecule has 14 heteroatoms. The van der Waals surface area contributed by atoms with Crippen molar-refractivity contribution in [2.75, 3.05) is 5.32 Å². The maximum Gasteiger partial charge on any atom is 0.573 e. The van der Waals surface area contributed by atoms with Gasteiger partial charge in [-0.3, -0.25) is 14.4 Å². The van der Waals surface area contributed by atoms with E-state index in [0.29, 0.717) is 36.4 Å². The molecule has 0 fully saturated rings. The number of aryl methyl sites for hydroxylation is 2. The van der Waals surface area contributed by atoms with E-state index in [-0.39, 0.29) is 40.9 Å². The molecule has 4 aromatic rings. The predicted octanol–water partition coefficient (Wildman–Crippen LogP) is 4.44. The number of nitrogens with one attached hydrogen (secondary N) is 2. The number of amides is 2. The Balaban J connectivity index is 1.20. The minimum atomic E-state index is -4.83. The summed E-state index contributed by atoms with van der Waals surface area (Å²) in [6.07, 6.45) is -1.56. The molecule has 0 unspecified atom stereocenters. The molecule has 42 heavy (non-hydrogen) atoms. The number of hydrogen-bond acceptors (Lipinski definition) is 8. The number of rotatable bonds is 12. The molecule has 0 atom stereocenters. The number of phenolic OH excluding ortho intramolecular Hbond substituents is 1. The van der Waals surface area contributed by atoms with E-state index in [0.717, 1.165) is 17.7 Å². The molecule has 4 rings (SSSR count). The molecule has 2 aromatic heterocycles. The van der Waals surface area contributed by atoms with E-state index in [4.69, 9.17) is 0 Å². The van der Waals surface area contributed by atoms with E-state index in [1.807, 2.05) is 0 Å². The number of benzene rings is 2. The van der Waals surface area contributed by atoms with Crippen molar-refractivity contribution in [1.82, 2.24) is 20.1 Å². The molecule has 10 nitrogen and oxygen atoms in total. The Labute approximate surface area is 241 Å². The number of hydrogen-bond donors (Lipinski definition) is 3. The number of carbonyl (C=O) groups excluding carboxylic acids is 2. The first kappa shape index (κ1) is 30.2. The van der Waals surface area contributed by atoms with Crippen molar-refractivity contribution in [2.45, 2.75) is 45.1 Å². The summed E-state index contributed by atoms with van der Waals surface area (Å²) in [6.45, 7) is 0.670. The zero-order valence-electron chi connectivity index (χ0n) is 22.1. The van der Waals surface area contributed by atoms with E-state index in [9.17, 15) is 32.7 Å². The fourth-order valence-corrected chi connectivity index (χ4v) is 4.74. The second kappa shape index (κ2) is 13.8. The highest BCUT2D eigenvalue weighted by atomic mass is 32.1. The summed E-state index contributed by atoms with van der Waals surface area (Å²) in [5.74, 6) is -1.16. The molecule has 220 valence electrons. The summed E-state index contributed by atoms with van der Waals surface area (Å²) in [5.41, 5.74) is 1.02. The molecule has 2 heterocycles. The van der Waals surface area contributed by atoms with Crippen LogP contribution in [-0.4, -0.2) is 38.0 Å². The van der Waals surface area contributed by atoms with Gasteiger partial charge in [-0.2, -0.15) is 0 Å². The second-order valence-corrected chi connectivity index (χ2v) is 10.2. The Morgan fingerprint density at radius 3 is 2.55 bits per heavy atom.